The molecule has 1 saturated carbocycles. The van der Waals surface area contributed by atoms with Crippen molar-refractivity contribution in [2.45, 2.75) is 50.9 Å². The molecular weight excluding hydrogens is 392 g/mol. The van der Waals surface area contributed by atoms with Crippen LogP contribution in [0.15, 0.2) is 48.3 Å². The standard InChI is InChI=1S/C25H28F4O/c1-30-23-14-13-22(24(28)25(23)29)20-11-9-19(10-12-20)18-7-5-17(6-8-18)3-2-4-21(27)15-16-26/h4,9-14,17-18H,2-3,5-8,15-16H2,1H3/b21-4+. The highest BCUT2D eigenvalue weighted by Crippen LogP contribution is 2.38. The Balaban J connectivity index is 1.57. The van der Waals surface area contributed by atoms with Crippen molar-refractivity contribution < 1.29 is 22.3 Å². The first-order chi connectivity index (χ1) is 14.5. The lowest BCUT2D eigenvalue weighted by molar-refractivity contribution is 0.311. The molecule has 0 atom stereocenters. The molecule has 3 rings (SSSR count). The molecule has 0 bridgehead atoms. The zero-order valence-electron chi connectivity index (χ0n) is 17.3. The van der Waals surface area contributed by atoms with Gasteiger partial charge in [0.05, 0.1) is 19.6 Å². The molecular formula is C25H28F4O. The molecule has 0 aromatic heterocycles. The fourth-order valence-electron chi connectivity index (χ4n) is 4.30. The molecule has 0 radical (unpaired) electrons. The van der Waals surface area contributed by atoms with E-state index in [1.807, 2.05) is 24.3 Å². The summed E-state index contributed by atoms with van der Waals surface area (Å²) in [5, 5.41) is 0. The van der Waals surface area contributed by atoms with Crippen LogP contribution in [0.4, 0.5) is 17.6 Å². The predicted molar refractivity (Wildman–Crippen MR) is 112 cm³/mol. The largest absolute Gasteiger partial charge is 0.494 e. The zero-order chi connectivity index (χ0) is 21.5. The first-order valence-corrected chi connectivity index (χ1v) is 10.6. The highest BCUT2D eigenvalue weighted by Gasteiger charge is 2.22. The highest BCUT2D eigenvalue weighted by atomic mass is 19.2. The van der Waals surface area contributed by atoms with Gasteiger partial charge in [-0.05, 0) is 73.6 Å². The van der Waals surface area contributed by atoms with Crippen molar-refractivity contribution in [3.05, 3.63) is 65.5 Å². The molecule has 0 aliphatic heterocycles. The van der Waals surface area contributed by atoms with Crippen LogP contribution in [0, 0.1) is 17.6 Å². The molecule has 30 heavy (non-hydrogen) atoms. The maximum Gasteiger partial charge on any atom is 0.201 e. The van der Waals surface area contributed by atoms with E-state index in [2.05, 4.69) is 0 Å². The lowest BCUT2D eigenvalue weighted by Gasteiger charge is -2.28. The Morgan fingerprint density at radius 1 is 1.00 bits per heavy atom. The molecule has 0 unspecified atom stereocenters. The van der Waals surface area contributed by atoms with E-state index in [1.165, 1.54) is 30.9 Å². The van der Waals surface area contributed by atoms with Gasteiger partial charge in [0.15, 0.2) is 11.6 Å². The van der Waals surface area contributed by atoms with E-state index in [4.69, 9.17) is 4.74 Å². The van der Waals surface area contributed by atoms with Crippen LogP contribution in [0.3, 0.4) is 0 Å². The first kappa shape index (κ1) is 22.4. The molecule has 5 heteroatoms. The van der Waals surface area contributed by atoms with Gasteiger partial charge in [-0.15, -0.1) is 0 Å². The molecule has 0 amide bonds. The van der Waals surface area contributed by atoms with Gasteiger partial charge >= 0.3 is 0 Å². The van der Waals surface area contributed by atoms with Crippen molar-refractivity contribution in [3.8, 4) is 16.9 Å². The van der Waals surface area contributed by atoms with Crippen molar-refractivity contribution in [3.63, 3.8) is 0 Å². The third-order valence-corrected chi connectivity index (χ3v) is 6.08. The molecule has 1 nitrogen and oxygen atoms in total. The second kappa shape index (κ2) is 10.6. The average molecular weight is 420 g/mol. The Bertz CT molecular complexity index is 852. The molecule has 1 aliphatic carbocycles. The van der Waals surface area contributed by atoms with Crippen LogP contribution in [-0.2, 0) is 0 Å². The maximum absolute atomic E-state index is 14.3. The lowest BCUT2D eigenvalue weighted by Crippen LogP contribution is -2.13. The zero-order valence-corrected chi connectivity index (χ0v) is 17.3. The van der Waals surface area contributed by atoms with Gasteiger partial charge in [-0.25, -0.2) is 8.78 Å². The third kappa shape index (κ3) is 5.44. The SMILES string of the molecule is COc1ccc(-c2ccc(C3CCC(CC/C=C(/F)CCF)CC3)cc2)c(F)c1F. The number of benzene rings is 2. The van der Waals surface area contributed by atoms with E-state index in [0.717, 1.165) is 32.1 Å². The number of halogens is 4. The van der Waals surface area contributed by atoms with E-state index >= 15 is 0 Å². The van der Waals surface area contributed by atoms with Crippen LogP contribution in [0.5, 0.6) is 5.75 Å². The quantitative estimate of drug-likeness (QED) is 0.394. The molecule has 0 saturated heterocycles. The summed E-state index contributed by atoms with van der Waals surface area (Å²) >= 11 is 0. The summed E-state index contributed by atoms with van der Waals surface area (Å²) in [4.78, 5) is 0. The Labute approximate surface area is 175 Å². The van der Waals surface area contributed by atoms with E-state index in [-0.39, 0.29) is 23.6 Å². The van der Waals surface area contributed by atoms with E-state index in [0.29, 0.717) is 23.8 Å². The molecule has 162 valence electrons. The van der Waals surface area contributed by atoms with Gasteiger partial charge in [-0.1, -0.05) is 30.3 Å². The van der Waals surface area contributed by atoms with Crippen LogP contribution >= 0.6 is 0 Å². The number of rotatable bonds is 8. The monoisotopic (exact) mass is 420 g/mol. The second-order valence-corrected chi connectivity index (χ2v) is 7.95. The number of hydrogen-bond donors (Lipinski definition) is 0. The Morgan fingerprint density at radius 2 is 1.70 bits per heavy atom. The third-order valence-electron chi connectivity index (χ3n) is 6.08. The van der Waals surface area contributed by atoms with E-state index < -0.39 is 18.3 Å². The Morgan fingerprint density at radius 3 is 2.33 bits per heavy atom. The van der Waals surface area contributed by atoms with E-state index in [1.54, 1.807) is 0 Å². The molecule has 0 spiro atoms. The molecule has 1 aliphatic rings. The Kier molecular flexibility index (Phi) is 7.94. The first-order valence-electron chi connectivity index (χ1n) is 10.6. The fourth-order valence-corrected chi connectivity index (χ4v) is 4.30. The molecule has 0 N–H and O–H groups in total. The van der Waals surface area contributed by atoms with Crippen LogP contribution in [0.2, 0.25) is 0 Å². The molecule has 1 fully saturated rings. The van der Waals surface area contributed by atoms with Gasteiger partial charge in [0.25, 0.3) is 0 Å². The van der Waals surface area contributed by atoms with Crippen molar-refractivity contribution in [2.24, 2.45) is 5.92 Å². The van der Waals surface area contributed by atoms with Gasteiger partial charge in [0.1, 0.15) is 0 Å². The number of hydrogen-bond acceptors (Lipinski definition) is 1. The summed E-state index contributed by atoms with van der Waals surface area (Å²) in [5.74, 6) is -1.31. The van der Waals surface area contributed by atoms with Crippen molar-refractivity contribution in [2.75, 3.05) is 13.8 Å². The number of methoxy groups -OCH3 is 1. The van der Waals surface area contributed by atoms with Crippen LogP contribution in [0.1, 0.15) is 56.4 Å². The average Bonchev–Trinajstić information content (AvgIpc) is 2.76. The van der Waals surface area contributed by atoms with Crippen molar-refractivity contribution in [1.29, 1.82) is 0 Å². The normalized spacial score (nSPS) is 19.7. The van der Waals surface area contributed by atoms with E-state index in [9.17, 15) is 17.6 Å². The van der Waals surface area contributed by atoms with Crippen LogP contribution in [0.25, 0.3) is 11.1 Å². The minimum atomic E-state index is -0.975. The van der Waals surface area contributed by atoms with Gasteiger partial charge in [-0.2, -0.15) is 4.39 Å². The van der Waals surface area contributed by atoms with Crippen molar-refractivity contribution in [1.82, 2.24) is 0 Å². The number of allylic oxidation sites excluding steroid dienone is 2. The van der Waals surface area contributed by atoms with Gasteiger partial charge in [-0.3, -0.25) is 4.39 Å². The molecule has 0 heterocycles. The number of ether oxygens (including phenoxy) is 1. The smallest absolute Gasteiger partial charge is 0.201 e. The van der Waals surface area contributed by atoms with Crippen LogP contribution < -0.4 is 4.74 Å². The summed E-state index contributed by atoms with van der Waals surface area (Å²) in [6.45, 7) is -0.647. The fraction of sp³-hybridized carbons (Fsp3) is 0.440. The van der Waals surface area contributed by atoms with Crippen molar-refractivity contribution >= 4 is 0 Å². The summed E-state index contributed by atoms with van der Waals surface area (Å²) < 4.78 is 58.5. The van der Waals surface area contributed by atoms with Gasteiger partial charge in [0, 0.05) is 12.0 Å². The summed E-state index contributed by atoms with van der Waals surface area (Å²) in [6, 6.07) is 10.6. The number of alkyl halides is 1. The van der Waals surface area contributed by atoms with Gasteiger partial charge in [0.2, 0.25) is 5.82 Å². The molecule has 2 aromatic carbocycles. The lowest BCUT2D eigenvalue weighted by atomic mass is 9.77. The maximum atomic E-state index is 14.3. The summed E-state index contributed by atoms with van der Waals surface area (Å²) in [7, 11) is 1.31. The minimum absolute atomic E-state index is 0.106. The summed E-state index contributed by atoms with van der Waals surface area (Å²) in [6.07, 6.45) is 7.31. The highest BCUT2D eigenvalue weighted by molar-refractivity contribution is 5.65. The Hall–Kier alpha value is -2.30. The molecule has 2 aromatic rings. The van der Waals surface area contributed by atoms with Gasteiger partial charge < -0.3 is 4.74 Å². The second-order valence-electron chi connectivity index (χ2n) is 7.95. The minimum Gasteiger partial charge on any atom is -0.494 e. The van der Waals surface area contributed by atoms with Crippen LogP contribution in [-0.4, -0.2) is 13.8 Å². The topological polar surface area (TPSA) is 9.23 Å². The predicted octanol–water partition coefficient (Wildman–Crippen LogP) is 7.91. The summed E-state index contributed by atoms with van der Waals surface area (Å²) in [5.41, 5.74) is 2.06.